The summed E-state index contributed by atoms with van der Waals surface area (Å²) in [5.74, 6) is 0.909. The number of aryl methyl sites for hydroxylation is 1. The number of methoxy groups -OCH3 is 1. The van der Waals surface area contributed by atoms with Gasteiger partial charge in [-0.05, 0) is 35.8 Å². The minimum Gasteiger partial charge on any atom is -0.497 e. The topological polar surface area (TPSA) is 92.1 Å². The Balaban J connectivity index is 1.82. The van der Waals surface area contributed by atoms with Crippen LogP contribution in [-0.4, -0.2) is 30.1 Å². The van der Waals surface area contributed by atoms with Crippen LogP contribution in [0, 0.1) is 0 Å². The Morgan fingerprint density at radius 2 is 1.71 bits per heavy atom. The van der Waals surface area contributed by atoms with Crippen LogP contribution in [0.2, 0.25) is 0 Å². The van der Waals surface area contributed by atoms with E-state index in [1.165, 1.54) is 19.2 Å². The third-order valence-corrected chi connectivity index (χ3v) is 5.39. The van der Waals surface area contributed by atoms with E-state index < -0.39 is 10.0 Å². The Hall–Kier alpha value is -3.46. The van der Waals surface area contributed by atoms with Crippen molar-refractivity contribution in [3.05, 3.63) is 72.0 Å². The molecule has 0 aliphatic rings. The van der Waals surface area contributed by atoms with Gasteiger partial charge < -0.3 is 14.4 Å². The molecule has 4 rings (SSSR count). The Labute approximate surface area is 162 Å². The fourth-order valence-corrected chi connectivity index (χ4v) is 3.64. The summed E-state index contributed by atoms with van der Waals surface area (Å²) >= 11 is 0. The van der Waals surface area contributed by atoms with Gasteiger partial charge in [0.15, 0.2) is 0 Å². The van der Waals surface area contributed by atoms with Crippen LogP contribution in [0.15, 0.2) is 72.1 Å². The molecule has 0 saturated heterocycles. The minimum atomic E-state index is -3.98. The van der Waals surface area contributed by atoms with Crippen LogP contribution >= 0.6 is 0 Å². The zero-order valence-corrected chi connectivity index (χ0v) is 16.0. The number of aromatic nitrogens is 4. The third kappa shape index (κ3) is 3.39. The highest BCUT2D eigenvalue weighted by molar-refractivity contribution is 7.94. The lowest BCUT2D eigenvalue weighted by Crippen LogP contribution is -2.23. The standard InChI is InChI=1S/C19H17N5O3S/c1-23-11-12-24(13-23)19-18(20-16-5-3-4-6-17(16)21-19)22-28(25,26)15-9-7-14(27-2)8-10-15/h3-13H,1-2H3. The Kier molecular flexibility index (Phi) is 4.44. The van der Waals surface area contributed by atoms with Crippen molar-refractivity contribution in [3.63, 3.8) is 0 Å². The number of hydrogen-bond acceptors (Lipinski definition) is 5. The Bertz CT molecular complexity index is 1250. The van der Waals surface area contributed by atoms with E-state index in [0.29, 0.717) is 22.6 Å². The number of rotatable bonds is 5. The number of para-hydroxylation sites is 2. The number of benzene rings is 2. The zero-order chi connectivity index (χ0) is 19.7. The molecule has 2 aromatic heterocycles. The number of sulfonamides is 1. The molecule has 9 heteroatoms. The summed E-state index contributed by atoms with van der Waals surface area (Å²) in [6.45, 7) is 0. The molecule has 0 unspecified atom stereocenters. The van der Waals surface area contributed by atoms with Gasteiger partial charge in [0.2, 0.25) is 22.2 Å². The fourth-order valence-electron chi connectivity index (χ4n) is 2.71. The van der Waals surface area contributed by atoms with Gasteiger partial charge in [0.1, 0.15) is 18.1 Å². The number of nitrogens with zero attached hydrogens (tertiary/aromatic N) is 5. The summed E-state index contributed by atoms with van der Waals surface area (Å²) in [5, 5.41) is 0. The van der Waals surface area contributed by atoms with Crippen molar-refractivity contribution in [1.82, 2.24) is 14.5 Å². The second-order valence-corrected chi connectivity index (χ2v) is 7.69. The van der Waals surface area contributed by atoms with Gasteiger partial charge in [0.05, 0.1) is 24.6 Å². The minimum absolute atomic E-state index is 0.0192. The number of hydrogen-bond donors (Lipinski definition) is 0. The molecule has 0 bridgehead atoms. The first-order chi connectivity index (χ1) is 13.5. The number of fused-ring (bicyclic) bond motifs is 1. The van der Waals surface area contributed by atoms with E-state index in [1.54, 1.807) is 35.3 Å². The first-order valence-corrected chi connectivity index (χ1v) is 9.83. The molecule has 0 aliphatic heterocycles. The summed E-state index contributed by atoms with van der Waals surface area (Å²) in [4.78, 5) is 9.06. The smallest absolute Gasteiger partial charge is 0.250 e. The molecule has 0 spiro atoms. The van der Waals surface area contributed by atoms with Crippen LogP contribution in [-0.2, 0) is 17.1 Å². The SMILES string of the molecule is COc1ccc(S(=O)(=O)[N-]c2nc3ccccc3nc2-n2cc[n+](C)c2)cc1. The third-order valence-electron chi connectivity index (χ3n) is 4.11. The van der Waals surface area contributed by atoms with Gasteiger partial charge in [0, 0.05) is 5.82 Å². The van der Waals surface area contributed by atoms with E-state index in [-0.39, 0.29) is 10.7 Å². The first-order valence-electron chi connectivity index (χ1n) is 8.39. The highest BCUT2D eigenvalue weighted by atomic mass is 32.2. The largest absolute Gasteiger partial charge is 0.497 e. The zero-order valence-electron chi connectivity index (χ0n) is 15.2. The molecule has 0 radical (unpaired) electrons. The number of imidazole rings is 1. The normalized spacial score (nSPS) is 11.5. The molecule has 142 valence electrons. The molecule has 0 amide bonds. The van der Waals surface area contributed by atoms with Gasteiger partial charge in [-0.25, -0.2) is 18.0 Å². The van der Waals surface area contributed by atoms with E-state index in [0.717, 1.165) is 0 Å². The van der Waals surface area contributed by atoms with Gasteiger partial charge in [-0.1, -0.05) is 18.2 Å². The van der Waals surface area contributed by atoms with Gasteiger partial charge in [-0.2, -0.15) is 4.57 Å². The van der Waals surface area contributed by atoms with Crippen molar-refractivity contribution in [3.8, 4) is 11.6 Å². The molecule has 0 saturated carbocycles. The maximum Gasteiger partial charge on any atom is 0.250 e. The first kappa shape index (κ1) is 17.9. The van der Waals surface area contributed by atoms with Crippen LogP contribution in [0.25, 0.3) is 21.6 Å². The molecular formula is C19H17N5O3S. The highest BCUT2D eigenvalue weighted by Gasteiger charge is 2.16. The molecule has 0 N–H and O–H groups in total. The second-order valence-electron chi connectivity index (χ2n) is 6.09. The van der Waals surface area contributed by atoms with E-state index in [9.17, 15) is 8.42 Å². The van der Waals surface area contributed by atoms with Crippen molar-refractivity contribution in [2.45, 2.75) is 4.90 Å². The average Bonchev–Trinajstić information content (AvgIpc) is 3.13. The van der Waals surface area contributed by atoms with Crippen molar-refractivity contribution in [2.75, 3.05) is 7.11 Å². The van der Waals surface area contributed by atoms with Gasteiger partial charge in [0.25, 0.3) is 0 Å². The molecule has 0 fully saturated rings. The van der Waals surface area contributed by atoms with E-state index in [1.807, 2.05) is 36.0 Å². The predicted molar refractivity (Wildman–Crippen MR) is 103 cm³/mol. The molecule has 2 heterocycles. The average molecular weight is 395 g/mol. The van der Waals surface area contributed by atoms with Crippen LogP contribution < -0.4 is 9.30 Å². The summed E-state index contributed by atoms with van der Waals surface area (Å²) in [6, 6.07) is 13.3. The van der Waals surface area contributed by atoms with Crippen molar-refractivity contribution >= 4 is 26.9 Å². The summed E-state index contributed by atoms with van der Waals surface area (Å²) in [7, 11) is -0.611. The van der Waals surface area contributed by atoms with E-state index >= 15 is 0 Å². The van der Waals surface area contributed by atoms with Gasteiger partial charge >= 0.3 is 0 Å². The van der Waals surface area contributed by atoms with E-state index in [4.69, 9.17) is 4.74 Å². The summed E-state index contributed by atoms with van der Waals surface area (Å²) < 4.78 is 38.2. The molecule has 0 aliphatic carbocycles. The lowest BCUT2D eigenvalue weighted by molar-refractivity contribution is -0.670. The van der Waals surface area contributed by atoms with Crippen molar-refractivity contribution in [1.29, 1.82) is 0 Å². The molecule has 4 aromatic rings. The van der Waals surface area contributed by atoms with Crippen LogP contribution in [0.4, 0.5) is 5.82 Å². The molecule has 2 aromatic carbocycles. The van der Waals surface area contributed by atoms with Crippen LogP contribution in [0.3, 0.4) is 0 Å². The van der Waals surface area contributed by atoms with Crippen molar-refractivity contribution < 1.29 is 17.7 Å². The van der Waals surface area contributed by atoms with Crippen molar-refractivity contribution in [2.24, 2.45) is 7.05 Å². The summed E-state index contributed by atoms with van der Waals surface area (Å²) in [6.07, 6.45) is 5.34. The highest BCUT2D eigenvalue weighted by Crippen LogP contribution is 2.32. The molecule has 28 heavy (non-hydrogen) atoms. The Morgan fingerprint density at radius 1 is 1.04 bits per heavy atom. The molecular weight excluding hydrogens is 378 g/mol. The number of ether oxygens (including phenoxy) is 1. The predicted octanol–water partition coefficient (Wildman–Crippen LogP) is 2.65. The molecule has 0 atom stereocenters. The Morgan fingerprint density at radius 3 is 2.32 bits per heavy atom. The maximum absolute atomic E-state index is 12.8. The summed E-state index contributed by atoms with van der Waals surface area (Å²) in [5.41, 5.74) is 1.21. The van der Waals surface area contributed by atoms with Crippen LogP contribution in [0.1, 0.15) is 0 Å². The monoisotopic (exact) mass is 395 g/mol. The van der Waals surface area contributed by atoms with E-state index in [2.05, 4.69) is 14.7 Å². The van der Waals surface area contributed by atoms with Crippen LogP contribution in [0.5, 0.6) is 5.75 Å². The molecule has 8 nitrogen and oxygen atoms in total. The lowest BCUT2D eigenvalue weighted by Gasteiger charge is -2.18. The second kappa shape index (κ2) is 6.93. The maximum atomic E-state index is 12.8. The fraction of sp³-hybridized carbons (Fsp3) is 0.105. The van der Waals surface area contributed by atoms with Gasteiger partial charge in [-0.15, -0.1) is 0 Å². The van der Waals surface area contributed by atoms with Gasteiger partial charge in [-0.3, -0.25) is 0 Å². The lowest BCUT2D eigenvalue weighted by atomic mass is 10.3. The quantitative estimate of drug-likeness (QED) is 0.485.